The highest BCUT2D eigenvalue weighted by Gasteiger charge is 2.18. The molecule has 20 heavy (non-hydrogen) atoms. The third-order valence-electron chi connectivity index (χ3n) is 4.22. The van der Waals surface area contributed by atoms with Gasteiger partial charge in [-0.05, 0) is 42.9 Å². The second kappa shape index (κ2) is 6.44. The lowest BCUT2D eigenvalue weighted by Gasteiger charge is -2.26. The molecule has 1 N–H and O–H groups in total. The van der Waals surface area contributed by atoms with Gasteiger partial charge in [0.25, 0.3) is 0 Å². The molecule has 0 radical (unpaired) electrons. The Kier molecular flexibility index (Phi) is 4.61. The molecule has 0 aliphatic heterocycles. The summed E-state index contributed by atoms with van der Waals surface area (Å²) in [5.74, 6) is 1.84. The molecule has 0 amide bonds. The van der Waals surface area contributed by atoms with Crippen molar-refractivity contribution < 1.29 is 0 Å². The first-order valence-electron chi connectivity index (χ1n) is 7.50. The van der Waals surface area contributed by atoms with E-state index < -0.39 is 0 Å². The molecule has 1 aromatic heterocycles. The molecule has 1 saturated carbocycles. The van der Waals surface area contributed by atoms with Crippen LogP contribution < -0.4 is 5.32 Å². The summed E-state index contributed by atoms with van der Waals surface area (Å²) in [6.07, 6.45) is 6.95. The van der Waals surface area contributed by atoms with Gasteiger partial charge in [0.15, 0.2) is 5.13 Å². The third-order valence-corrected chi connectivity index (χ3v) is 5.71. The third kappa shape index (κ3) is 3.53. The van der Waals surface area contributed by atoms with Gasteiger partial charge >= 0.3 is 0 Å². The molecule has 1 fully saturated rings. The highest BCUT2D eigenvalue weighted by Crippen LogP contribution is 2.31. The van der Waals surface area contributed by atoms with Gasteiger partial charge in [0.2, 0.25) is 0 Å². The number of hydrogen-bond acceptors (Lipinski definition) is 3. The molecule has 1 aromatic carbocycles. The number of nitrogens with zero attached hydrogens (tertiary/aromatic N) is 1. The van der Waals surface area contributed by atoms with E-state index in [1.54, 1.807) is 11.3 Å². The molecule has 1 aliphatic rings. The molecule has 108 valence electrons. The minimum atomic E-state index is 0.912. The number of nitrogens with one attached hydrogen (secondary N) is 1. The summed E-state index contributed by atoms with van der Waals surface area (Å²) in [7, 11) is 0. The van der Waals surface area contributed by atoms with Gasteiger partial charge in [0.1, 0.15) is 0 Å². The Morgan fingerprint density at radius 1 is 1.40 bits per heavy atom. The van der Waals surface area contributed by atoms with Gasteiger partial charge in [-0.1, -0.05) is 53.5 Å². The molecule has 2 aromatic rings. The predicted molar refractivity (Wildman–Crippen MR) is 91.5 cm³/mol. The highest BCUT2D eigenvalue weighted by atomic mass is 79.9. The van der Waals surface area contributed by atoms with Crippen molar-refractivity contribution in [3.05, 3.63) is 22.7 Å². The zero-order chi connectivity index (χ0) is 13.9. The van der Waals surface area contributed by atoms with Crippen molar-refractivity contribution in [3.63, 3.8) is 0 Å². The van der Waals surface area contributed by atoms with Crippen molar-refractivity contribution in [2.75, 3.05) is 11.9 Å². The van der Waals surface area contributed by atoms with Crippen molar-refractivity contribution in [1.29, 1.82) is 0 Å². The lowest BCUT2D eigenvalue weighted by molar-refractivity contribution is 0.274. The fourth-order valence-corrected chi connectivity index (χ4v) is 4.40. The summed E-state index contributed by atoms with van der Waals surface area (Å²) in [5.41, 5.74) is 1.08. The molecule has 0 bridgehead atoms. The van der Waals surface area contributed by atoms with Crippen LogP contribution in [0.15, 0.2) is 22.7 Å². The van der Waals surface area contributed by atoms with Crippen LogP contribution in [0.2, 0.25) is 0 Å². The number of rotatable bonds is 4. The van der Waals surface area contributed by atoms with Gasteiger partial charge in [0, 0.05) is 11.0 Å². The number of aromatic nitrogens is 1. The summed E-state index contributed by atoms with van der Waals surface area (Å²) in [6.45, 7) is 3.45. The summed E-state index contributed by atoms with van der Waals surface area (Å²) in [6, 6.07) is 6.29. The van der Waals surface area contributed by atoms with Crippen LogP contribution in [-0.2, 0) is 0 Å². The van der Waals surface area contributed by atoms with Crippen LogP contribution in [-0.4, -0.2) is 11.5 Å². The van der Waals surface area contributed by atoms with E-state index in [1.165, 1.54) is 36.8 Å². The van der Waals surface area contributed by atoms with Gasteiger partial charge in [-0.25, -0.2) is 4.98 Å². The van der Waals surface area contributed by atoms with Crippen molar-refractivity contribution in [1.82, 2.24) is 4.98 Å². The van der Waals surface area contributed by atoms with Gasteiger partial charge < -0.3 is 5.32 Å². The van der Waals surface area contributed by atoms with E-state index in [4.69, 9.17) is 0 Å². The molecule has 3 rings (SSSR count). The summed E-state index contributed by atoms with van der Waals surface area (Å²) in [5, 5.41) is 4.57. The van der Waals surface area contributed by atoms with Crippen LogP contribution in [0.25, 0.3) is 10.2 Å². The van der Waals surface area contributed by atoms with Crippen LogP contribution in [0.5, 0.6) is 0 Å². The SMILES string of the molecule is CC1CCCC(CCNc2nc3cc(Br)ccc3s2)C1. The maximum Gasteiger partial charge on any atom is 0.183 e. The number of thiazole rings is 1. The van der Waals surface area contributed by atoms with Gasteiger partial charge in [-0.3, -0.25) is 0 Å². The molecule has 1 aliphatic carbocycles. The molecule has 0 saturated heterocycles. The quantitative estimate of drug-likeness (QED) is 0.764. The zero-order valence-electron chi connectivity index (χ0n) is 11.9. The fraction of sp³-hybridized carbons (Fsp3) is 0.562. The standard InChI is InChI=1S/C16H21BrN2S/c1-11-3-2-4-12(9-11)7-8-18-16-19-14-10-13(17)5-6-15(14)20-16/h5-6,10-12H,2-4,7-9H2,1H3,(H,18,19). The van der Waals surface area contributed by atoms with E-state index in [2.05, 4.69) is 51.4 Å². The van der Waals surface area contributed by atoms with E-state index in [-0.39, 0.29) is 0 Å². The van der Waals surface area contributed by atoms with E-state index in [0.717, 1.165) is 33.5 Å². The summed E-state index contributed by atoms with van der Waals surface area (Å²) in [4.78, 5) is 4.65. The maximum absolute atomic E-state index is 4.65. The average Bonchev–Trinajstić information content (AvgIpc) is 2.80. The smallest absolute Gasteiger partial charge is 0.183 e. The molecule has 2 atom stereocenters. The van der Waals surface area contributed by atoms with Crippen molar-refractivity contribution in [2.45, 2.75) is 39.0 Å². The van der Waals surface area contributed by atoms with Gasteiger partial charge in [-0.2, -0.15) is 0 Å². The molecule has 2 nitrogen and oxygen atoms in total. The monoisotopic (exact) mass is 352 g/mol. The maximum atomic E-state index is 4.65. The number of anilines is 1. The van der Waals surface area contributed by atoms with E-state index in [1.807, 2.05) is 0 Å². The highest BCUT2D eigenvalue weighted by molar-refractivity contribution is 9.10. The Morgan fingerprint density at radius 3 is 3.15 bits per heavy atom. The number of halogens is 1. The van der Waals surface area contributed by atoms with Crippen LogP contribution in [0, 0.1) is 11.8 Å². The van der Waals surface area contributed by atoms with Crippen LogP contribution in [0.1, 0.15) is 39.0 Å². The topological polar surface area (TPSA) is 24.9 Å². The Morgan fingerprint density at radius 2 is 2.30 bits per heavy atom. The number of benzene rings is 1. The molecular weight excluding hydrogens is 332 g/mol. The summed E-state index contributed by atoms with van der Waals surface area (Å²) >= 11 is 5.25. The van der Waals surface area contributed by atoms with E-state index in [9.17, 15) is 0 Å². The van der Waals surface area contributed by atoms with Crippen LogP contribution >= 0.6 is 27.3 Å². The van der Waals surface area contributed by atoms with Gasteiger partial charge in [0.05, 0.1) is 10.2 Å². The largest absolute Gasteiger partial charge is 0.361 e. The molecular formula is C16H21BrN2S. The number of fused-ring (bicyclic) bond motifs is 1. The molecule has 0 spiro atoms. The first-order chi connectivity index (χ1) is 9.70. The predicted octanol–water partition coefficient (Wildman–Crippen LogP) is 5.69. The van der Waals surface area contributed by atoms with Crippen molar-refractivity contribution >= 4 is 42.6 Å². The normalized spacial score (nSPS) is 23.1. The van der Waals surface area contributed by atoms with Crippen LogP contribution in [0.4, 0.5) is 5.13 Å². The first kappa shape index (κ1) is 14.3. The average molecular weight is 353 g/mol. The van der Waals surface area contributed by atoms with Gasteiger partial charge in [-0.15, -0.1) is 0 Å². The van der Waals surface area contributed by atoms with E-state index in [0.29, 0.717) is 0 Å². The first-order valence-corrected chi connectivity index (χ1v) is 9.11. The lowest BCUT2D eigenvalue weighted by atomic mass is 9.81. The fourth-order valence-electron chi connectivity index (χ4n) is 3.18. The van der Waals surface area contributed by atoms with Crippen molar-refractivity contribution in [2.24, 2.45) is 11.8 Å². The molecule has 1 heterocycles. The second-order valence-corrected chi connectivity index (χ2v) is 7.93. The van der Waals surface area contributed by atoms with Crippen molar-refractivity contribution in [3.8, 4) is 0 Å². The zero-order valence-corrected chi connectivity index (χ0v) is 14.3. The Balaban J connectivity index is 1.54. The van der Waals surface area contributed by atoms with Crippen LogP contribution in [0.3, 0.4) is 0 Å². The second-order valence-electron chi connectivity index (χ2n) is 5.98. The summed E-state index contributed by atoms with van der Waals surface area (Å²) < 4.78 is 2.35. The Hall–Kier alpha value is -0.610. The Bertz CT molecular complexity index is 581. The minimum absolute atomic E-state index is 0.912. The molecule has 2 unspecified atom stereocenters. The lowest BCUT2D eigenvalue weighted by Crippen LogP contribution is -2.16. The minimum Gasteiger partial charge on any atom is -0.361 e. The Labute approximate surface area is 133 Å². The van der Waals surface area contributed by atoms with E-state index >= 15 is 0 Å². The number of hydrogen-bond donors (Lipinski definition) is 1. The molecule has 4 heteroatoms.